The highest BCUT2D eigenvalue weighted by Crippen LogP contribution is 2.25. The molecule has 1 fully saturated rings. The number of methoxy groups -OCH3 is 2. The summed E-state index contributed by atoms with van der Waals surface area (Å²) in [5.41, 5.74) is 2.59. The highest BCUT2D eigenvalue weighted by Gasteiger charge is 2.22. The lowest BCUT2D eigenvalue weighted by atomic mass is 10.0. The first-order chi connectivity index (χ1) is 15.1. The van der Waals surface area contributed by atoms with Crippen molar-refractivity contribution in [3.8, 4) is 11.6 Å². The second-order valence-electron chi connectivity index (χ2n) is 7.57. The van der Waals surface area contributed by atoms with Gasteiger partial charge < -0.3 is 14.8 Å². The minimum Gasteiger partial charge on any atom is -0.497 e. The number of fused-ring (bicyclic) bond motifs is 1. The van der Waals surface area contributed by atoms with Gasteiger partial charge in [0.15, 0.2) is 5.82 Å². The molecule has 2 amide bonds. The number of carbonyl (C=O) groups is 1. The Hall–Kier alpha value is -3.39. The van der Waals surface area contributed by atoms with Crippen molar-refractivity contribution in [2.75, 3.05) is 32.6 Å². The van der Waals surface area contributed by atoms with Crippen LogP contribution in [0.1, 0.15) is 18.4 Å². The SMILES string of the molecule is COc1ccc2nc(OC)c(NC(=O)NC3CCN(Cc4ccccc4)CC3)nc2c1. The lowest BCUT2D eigenvalue weighted by molar-refractivity contribution is 0.190. The minimum absolute atomic E-state index is 0.117. The van der Waals surface area contributed by atoms with Crippen LogP contribution in [0.15, 0.2) is 48.5 Å². The number of rotatable bonds is 6. The Morgan fingerprint density at radius 2 is 1.81 bits per heavy atom. The van der Waals surface area contributed by atoms with Crippen molar-refractivity contribution in [2.45, 2.75) is 25.4 Å². The van der Waals surface area contributed by atoms with E-state index in [4.69, 9.17) is 9.47 Å². The highest BCUT2D eigenvalue weighted by atomic mass is 16.5. The van der Waals surface area contributed by atoms with Gasteiger partial charge in [0.1, 0.15) is 5.75 Å². The number of urea groups is 1. The molecule has 1 aliphatic rings. The molecule has 4 rings (SSSR count). The number of amides is 2. The molecule has 2 N–H and O–H groups in total. The Labute approximate surface area is 181 Å². The fourth-order valence-electron chi connectivity index (χ4n) is 3.77. The molecule has 1 saturated heterocycles. The zero-order chi connectivity index (χ0) is 21.6. The number of nitrogens with one attached hydrogen (secondary N) is 2. The van der Waals surface area contributed by atoms with E-state index in [9.17, 15) is 4.79 Å². The largest absolute Gasteiger partial charge is 0.497 e. The molecule has 3 aromatic rings. The summed E-state index contributed by atoms with van der Waals surface area (Å²) in [4.78, 5) is 23.9. The van der Waals surface area contributed by atoms with E-state index in [1.807, 2.05) is 6.07 Å². The maximum atomic E-state index is 12.6. The molecule has 162 valence electrons. The fraction of sp³-hybridized carbons (Fsp3) is 0.348. The summed E-state index contributed by atoms with van der Waals surface area (Å²) in [5, 5.41) is 5.84. The summed E-state index contributed by atoms with van der Waals surface area (Å²) in [6, 6.07) is 15.6. The number of nitrogens with zero attached hydrogens (tertiary/aromatic N) is 3. The fourth-order valence-corrected chi connectivity index (χ4v) is 3.77. The number of anilines is 1. The van der Waals surface area contributed by atoms with Gasteiger partial charge in [0.2, 0.25) is 0 Å². The summed E-state index contributed by atoms with van der Waals surface area (Å²) in [5.74, 6) is 1.22. The van der Waals surface area contributed by atoms with E-state index in [1.54, 1.807) is 25.3 Å². The van der Waals surface area contributed by atoms with Gasteiger partial charge in [0.25, 0.3) is 5.88 Å². The van der Waals surface area contributed by atoms with Crippen LogP contribution in [0.3, 0.4) is 0 Å². The molecule has 0 spiro atoms. The Bertz CT molecular complexity index is 1040. The van der Waals surface area contributed by atoms with E-state index in [1.165, 1.54) is 12.7 Å². The maximum Gasteiger partial charge on any atom is 0.320 e. The summed E-state index contributed by atoms with van der Waals surface area (Å²) >= 11 is 0. The summed E-state index contributed by atoms with van der Waals surface area (Å²) in [6.07, 6.45) is 1.80. The van der Waals surface area contributed by atoms with Gasteiger partial charge in [-0.1, -0.05) is 30.3 Å². The Morgan fingerprint density at radius 1 is 1.03 bits per heavy atom. The molecule has 0 saturated carbocycles. The summed E-state index contributed by atoms with van der Waals surface area (Å²) < 4.78 is 10.6. The first-order valence-corrected chi connectivity index (χ1v) is 10.4. The van der Waals surface area contributed by atoms with Gasteiger partial charge in [-0.25, -0.2) is 14.8 Å². The molecule has 0 bridgehead atoms. The van der Waals surface area contributed by atoms with E-state index >= 15 is 0 Å². The van der Waals surface area contributed by atoms with Crippen LogP contribution in [-0.2, 0) is 6.54 Å². The Kier molecular flexibility index (Phi) is 6.47. The van der Waals surface area contributed by atoms with E-state index in [2.05, 4.69) is 49.8 Å². The number of hydrogen-bond acceptors (Lipinski definition) is 6. The van der Waals surface area contributed by atoms with Gasteiger partial charge in [-0.15, -0.1) is 0 Å². The molecule has 2 aromatic carbocycles. The molecule has 0 radical (unpaired) electrons. The zero-order valence-corrected chi connectivity index (χ0v) is 17.8. The smallest absolute Gasteiger partial charge is 0.320 e. The van der Waals surface area contributed by atoms with E-state index < -0.39 is 0 Å². The van der Waals surface area contributed by atoms with Crippen LogP contribution in [0.5, 0.6) is 11.6 Å². The average molecular weight is 422 g/mol. The van der Waals surface area contributed by atoms with Crippen LogP contribution in [-0.4, -0.2) is 54.2 Å². The lowest BCUT2D eigenvalue weighted by Gasteiger charge is -2.32. The Balaban J connectivity index is 1.35. The molecule has 31 heavy (non-hydrogen) atoms. The third kappa shape index (κ3) is 5.21. The van der Waals surface area contributed by atoms with Gasteiger partial charge in [-0.3, -0.25) is 10.2 Å². The molecule has 2 heterocycles. The van der Waals surface area contributed by atoms with Crippen LogP contribution < -0.4 is 20.1 Å². The normalized spacial score (nSPS) is 14.9. The van der Waals surface area contributed by atoms with Crippen LogP contribution in [0.2, 0.25) is 0 Å². The molecule has 8 nitrogen and oxygen atoms in total. The van der Waals surface area contributed by atoms with Crippen molar-refractivity contribution in [1.29, 1.82) is 0 Å². The number of hydrogen-bond donors (Lipinski definition) is 2. The third-order valence-corrected chi connectivity index (χ3v) is 5.44. The van der Waals surface area contributed by atoms with Crippen molar-refractivity contribution in [3.63, 3.8) is 0 Å². The molecule has 8 heteroatoms. The zero-order valence-electron chi connectivity index (χ0n) is 17.8. The number of ether oxygens (including phenoxy) is 2. The van der Waals surface area contributed by atoms with Crippen molar-refractivity contribution in [2.24, 2.45) is 0 Å². The second-order valence-corrected chi connectivity index (χ2v) is 7.57. The second kappa shape index (κ2) is 9.61. The van der Waals surface area contributed by atoms with Crippen LogP contribution in [0.25, 0.3) is 11.0 Å². The van der Waals surface area contributed by atoms with Gasteiger partial charge in [0, 0.05) is 31.7 Å². The predicted octanol–water partition coefficient (Wildman–Crippen LogP) is 3.43. The van der Waals surface area contributed by atoms with E-state index in [0.29, 0.717) is 16.8 Å². The predicted molar refractivity (Wildman–Crippen MR) is 120 cm³/mol. The Morgan fingerprint density at radius 3 is 2.52 bits per heavy atom. The van der Waals surface area contributed by atoms with Crippen molar-refractivity contribution < 1.29 is 14.3 Å². The van der Waals surface area contributed by atoms with Crippen LogP contribution >= 0.6 is 0 Å². The van der Waals surface area contributed by atoms with Crippen LogP contribution in [0.4, 0.5) is 10.6 Å². The van der Waals surface area contributed by atoms with Gasteiger partial charge in [-0.05, 0) is 30.5 Å². The molecule has 0 unspecified atom stereocenters. The number of carbonyl (C=O) groups excluding carboxylic acids is 1. The molecule has 0 aliphatic carbocycles. The number of likely N-dealkylation sites (tertiary alicyclic amines) is 1. The first kappa shape index (κ1) is 20.9. The van der Waals surface area contributed by atoms with Crippen LogP contribution in [0, 0.1) is 0 Å². The van der Waals surface area contributed by atoms with Gasteiger partial charge in [-0.2, -0.15) is 0 Å². The molecule has 0 atom stereocenters. The number of piperidine rings is 1. The monoisotopic (exact) mass is 421 g/mol. The summed E-state index contributed by atoms with van der Waals surface area (Å²) in [7, 11) is 3.10. The lowest BCUT2D eigenvalue weighted by Crippen LogP contribution is -2.45. The number of aromatic nitrogens is 2. The van der Waals surface area contributed by atoms with Gasteiger partial charge >= 0.3 is 6.03 Å². The topological polar surface area (TPSA) is 88.6 Å². The van der Waals surface area contributed by atoms with Crippen molar-refractivity contribution in [1.82, 2.24) is 20.2 Å². The molecular formula is C23H27N5O3. The molecule has 1 aliphatic heterocycles. The first-order valence-electron chi connectivity index (χ1n) is 10.4. The van der Waals surface area contributed by atoms with E-state index in [-0.39, 0.29) is 23.8 Å². The average Bonchev–Trinajstić information content (AvgIpc) is 2.80. The quantitative estimate of drug-likeness (QED) is 0.634. The number of benzene rings is 2. The minimum atomic E-state index is -0.309. The van der Waals surface area contributed by atoms with Crippen molar-refractivity contribution >= 4 is 22.9 Å². The standard InChI is InChI=1S/C23H27N5O3/c1-30-18-8-9-19-20(14-18)25-21(22(26-19)31-2)27-23(29)24-17-10-12-28(13-11-17)15-16-6-4-3-5-7-16/h3-9,14,17H,10-13,15H2,1-2H3,(H2,24,25,27,29). The molecule has 1 aromatic heterocycles. The highest BCUT2D eigenvalue weighted by molar-refractivity contribution is 5.91. The van der Waals surface area contributed by atoms with Gasteiger partial charge in [0.05, 0.1) is 25.3 Å². The maximum absolute atomic E-state index is 12.6. The summed E-state index contributed by atoms with van der Waals surface area (Å²) in [6.45, 7) is 2.82. The third-order valence-electron chi connectivity index (χ3n) is 5.44. The molecular weight excluding hydrogens is 394 g/mol. The van der Waals surface area contributed by atoms with E-state index in [0.717, 1.165) is 32.5 Å². The van der Waals surface area contributed by atoms with Crippen molar-refractivity contribution in [3.05, 3.63) is 54.1 Å².